The number of hydrogen-bond acceptors (Lipinski definition) is 3. The van der Waals surface area contributed by atoms with Gasteiger partial charge in [-0.05, 0) is 24.7 Å². The highest BCUT2D eigenvalue weighted by Crippen LogP contribution is 2.19. The normalized spacial score (nSPS) is 10.6. The second-order valence-electron chi connectivity index (χ2n) is 4.19. The maximum atomic E-state index is 13.0. The van der Waals surface area contributed by atoms with Crippen LogP contribution in [0.5, 0.6) is 0 Å². The van der Waals surface area contributed by atoms with E-state index in [1.54, 1.807) is 4.90 Å². The number of hydrogen-bond donors (Lipinski definition) is 2. The van der Waals surface area contributed by atoms with Crippen LogP contribution in [0.1, 0.15) is 13.3 Å². The zero-order valence-corrected chi connectivity index (χ0v) is 11.8. The number of halogens is 2. The summed E-state index contributed by atoms with van der Waals surface area (Å²) in [4.78, 5) is 24.0. The Balaban J connectivity index is 2.52. The molecular weight excluding hydrogens is 287 g/mol. The first-order valence-electron chi connectivity index (χ1n) is 6.11. The summed E-state index contributed by atoms with van der Waals surface area (Å²) in [5.74, 6) is -1.77. The molecule has 0 spiro atoms. The monoisotopic (exact) mass is 302 g/mol. The molecule has 0 fully saturated rings. The molecule has 0 aromatic heterocycles. The van der Waals surface area contributed by atoms with Crippen LogP contribution in [0.4, 0.5) is 10.1 Å². The summed E-state index contributed by atoms with van der Waals surface area (Å²) < 4.78 is 13.0. The van der Waals surface area contributed by atoms with Crippen molar-refractivity contribution in [1.82, 2.24) is 4.90 Å². The maximum Gasteiger partial charge on any atom is 0.304 e. The smallest absolute Gasteiger partial charge is 0.304 e. The van der Waals surface area contributed by atoms with E-state index < -0.39 is 11.8 Å². The van der Waals surface area contributed by atoms with Gasteiger partial charge in [0, 0.05) is 12.2 Å². The van der Waals surface area contributed by atoms with Crippen LogP contribution in [0.2, 0.25) is 5.02 Å². The van der Waals surface area contributed by atoms with Crippen LogP contribution in [0, 0.1) is 5.82 Å². The number of rotatable bonds is 7. The van der Waals surface area contributed by atoms with Gasteiger partial charge in [-0.2, -0.15) is 0 Å². The van der Waals surface area contributed by atoms with Crippen molar-refractivity contribution in [3.8, 4) is 0 Å². The highest BCUT2D eigenvalue weighted by atomic mass is 35.5. The topological polar surface area (TPSA) is 69.6 Å². The predicted octanol–water partition coefficient (Wildman–Crippen LogP) is 2.21. The molecule has 20 heavy (non-hydrogen) atoms. The molecule has 1 rings (SSSR count). The van der Waals surface area contributed by atoms with Crippen molar-refractivity contribution < 1.29 is 19.1 Å². The van der Waals surface area contributed by atoms with Crippen LogP contribution in [-0.2, 0) is 9.59 Å². The third-order valence-electron chi connectivity index (χ3n) is 2.66. The van der Waals surface area contributed by atoms with Crippen LogP contribution in [-0.4, -0.2) is 41.5 Å². The highest BCUT2D eigenvalue weighted by Gasteiger charge is 2.11. The molecule has 5 nitrogen and oxygen atoms in total. The zero-order chi connectivity index (χ0) is 15.1. The Bertz CT molecular complexity index is 497. The molecule has 0 saturated carbocycles. The molecule has 0 aliphatic rings. The van der Waals surface area contributed by atoms with E-state index >= 15 is 0 Å². The number of benzene rings is 1. The summed E-state index contributed by atoms with van der Waals surface area (Å²) in [6, 6.07) is 3.90. The molecule has 0 radical (unpaired) electrons. The van der Waals surface area contributed by atoms with Gasteiger partial charge in [0.15, 0.2) is 0 Å². The van der Waals surface area contributed by atoms with Crippen LogP contribution >= 0.6 is 11.6 Å². The van der Waals surface area contributed by atoms with Crippen LogP contribution in [0.3, 0.4) is 0 Å². The quantitative estimate of drug-likeness (QED) is 0.810. The highest BCUT2D eigenvalue weighted by molar-refractivity contribution is 6.31. The fourth-order valence-electron chi connectivity index (χ4n) is 1.58. The first kappa shape index (κ1) is 16.4. The average Bonchev–Trinajstić information content (AvgIpc) is 2.38. The third kappa shape index (κ3) is 5.54. The molecule has 1 aromatic carbocycles. The van der Waals surface area contributed by atoms with Gasteiger partial charge in [0.2, 0.25) is 5.91 Å². The first-order chi connectivity index (χ1) is 9.42. The fraction of sp³-hybridized carbons (Fsp3) is 0.385. The molecule has 0 atom stereocenters. The van der Waals surface area contributed by atoms with E-state index in [1.807, 2.05) is 6.92 Å². The second-order valence-corrected chi connectivity index (χ2v) is 4.60. The Morgan fingerprint density at radius 1 is 1.45 bits per heavy atom. The number of carboxylic acid groups (broad SMARTS) is 1. The molecule has 7 heteroatoms. The van der Waals surface area contributed by atoms with E-state index in [0.29, 0.717) is 18.8 Å². The molecule has 0 aliphatic carbocycles. The van der Waals surface area contributed by atoms with E-state index in [-0.39, 0.29) is 23.9 Å². The third-order valence-corrected chi connectivity index (χ3v) is 2.95. The average molecular weight is 303 g/mol. The Hall–Kier alpha value is -1.66. The number of carbonyl (C=O) groups is 2. The lowest BCUT2D eigenvalue weighted by Gasteiger charge is -2.18. The number of aliphatic carboxylic acids is 1. The molecule has 110 valence electrons. The predicted molar refractivity (Wildman–Crippen MR) is 74.4 cm³/mol. The summed E-state index contributed by atoms with van der Waals surface area (Å²) in [7, 11) is 0. The number of likely N-dealkylation sites (N-methyl/N-ethyl adjacent to an activating group) is 1. The largest absolute Gasteiger partial charge is 0.481 e. The zero-order valence-electron chi connectivity index (χ0n) is 11.0. The summed E-state index contributed by atoms with van der Waals surface area (Å²) in [6.07, 6.45) is -0.0243. The molecule has 0 unspecified atom stereocenters. The van der Waals surface area contributed by atoms with Gasteiger partial charge in [-0.15, -0.1) is 0 Å². The van der Waals surface area contributed by atoms with Crippen molar-refractivity contribution in [2.24, 2.45) is 0 Å². The van der Waals surface area contributed by atoms with Gasteiger partial charge in [0.05, 0.1) is 18.0 Å². The van der Waals surface area contributed by atoms with Gasteiger partial charge < -0.3 is 10.4 Å². The van der Waals surface area contributed by atoms with Gasteiger partial charge in [0.1, 0.15) is 5.82 Å². The van der Waals surface area contributed by atoms with E-state index in [9.17, 15) is 14.0 Å². The molecule has 0 bridgehead atoms. The van der Waals surface area contributed by atoms with Gasteiger partial charge in [-0.3, -0.25) is 14.5 Å². The second kappa shape index (κ2) is 7.81. The molecule has 0 saturated heterocycles. The maximum absolute atomic E-state index is 13.0. The number of carbonyl (C=O) groups excluding carboxylic acids is 1. The summed E-state index contributed by atoms with van der Waals surface area (Å²) in [6.45, 7) is 2.76. The lowest BCUT2D eigenvalue weighted by Crippen LogP contribution is -2.34. The minimum Gasteiger partial charge on any atom is -0.481 e. The Kier molecular flexibility index (Phi) is 6.41. The lowest BCUT2D eigenvalue weighted by atomic mass is 10.3. The van der Waals surface area contributed by atoms with Gasteiger partial charge in [-0.1, -0.05) is 18.5 Å². The molecular formula is C13H16ClFN2O3. The number of anilines is 1. The summed E-state index contributed by atoms with van der Waals surface area (Å²) in [5, 5.41) is 11.1. The minimum atomic E-state index is -0.908. The number of nitrogens with one attached hydrogen (secondary N) is 1. The molecule has 2 N–H and O–H groups in total. The standard InChI is InChI=1S/C13H16ClFN2O3/c1-2-17(6-5-13(19)20)8-12(18)16-9-3-4-11(15)10(14)7-9/h3-4,7H,2,5-6,8H2,1H3,(H,16,18)(H,19,20). The molecule has 1 amide bonds. The van der Waals surface area contributed by atoms with Gasteiger partial charge in [-0.25, -0.2) is 4.39 Å². The lowest BCUT2D eigenvalue weighted by molar-refractivity contribution is -0.137. The summed E-state index contributed by atoms with van der Waals surface area (Å²) in [5.41, 5.74) is 0.399. The SMILES string of the molecule is CCN(CCC(=O)O)CC(=O)Nc1ccc(F)c(Cl)c1. The fourth-order valence-corrected chi connectivity index (χ4v) is 1.76. The van der Waals surface area contributed by atoms with Gasteiger partial charge in [0.25, 0.3) is 0 Å². The van der Waals surface area contributed by atoms with E-state index in [0.717, 1.165) is 0 Å². The van der Waals surface area contributed by atoms with Crippen molar-refractivity contribution in [3.63, 3.8) is 0 Å². The molecule has 1 aromatic rings. The van der Waals surface area contributed by atoms with E-state index in [4.69, 9.17) is 16.7 Å². The molecule has 0 aliphatic heterocycles. The van der Waals surface area contributed by atoms with Crippen LogP contribution in [0.25, 0.3) is 0 Å². The molecule has 0 heterocycles. The van der Waals surface area contributed by atoms with Crippen LogP contribution < -0.4 is 5.32 Å². The van der Waals surface area contributed by atoms with E-state index in [1.165, 1.54) is 18.2 Å². The number of amides is 1. The van der Waals surface area contributed by atoms with Crippen LogP contribution in [0.15, 0.2) is 18.2 Å². The Morgan fingerprint density at radius 3 is 2.70 bits per heavy atom. The van der Waals surface area contributed by atoms with Crippen molar-refractivity contribution in [3.05, 3.63) is 29.0 Å². The van der Waals surface area contributed by atoms with Crippen molar-refractivity contribution in [1.29, 1.82) is 0 Å². The Labute approximate surface area is 121 Å². The first-order valence-corrected chi connectivity index (χ1v) is 6.49. The Morgan fingerprint density at radius 2 is 2.15 bits per heavy atom. The van der Waals surface area contributed by atoms with Crippen molar-refractivity contribution >= 4 is 29.2 Å². The van der Waals surface area contributed by atoms with Gasteiger partial charge >= 0.3 is 5.97 Å². The summed E-state index contributed by atoms with van der Waals surface area (Å²) >= 11 is 5.61. The van der Waals surface area contributed by atoms with Crippen molar-refractivity contribution in [2.45, 2.75) is 13.3 Å². The van der Waals surface area contributed by atoms with Crippen molar-refractivity contribution in [2.75, 3.05) is 25.0 Å². The number of nitrogens with zero attached hydrogens (tertiary/aromatic N) is 1. The van der Waals surface area contributed by atoms with E-state index in [2.05, 4.69) is 5.32 Å². The minimum absolute atomic E-state index is 0.0243. The number of carboxylic acids is 1.